The highest BCUT2D eigenvalue weighted by Crippen LogP contribution is 2.12. The summed E-state index contributed by atoms with van der Waals surface area (Å²) >= 11 is 0. The molecule has 0 bridgehead atoms. The van der Waals surface area contributed by atoms with Gasteiger partial charge in [0.1, 0.15) is 0 Å². The number of benzene rings is 1. The van der Waals surface area contributed by atoms with Crippen LogP contribution in [0.2, 0.25) is 0 Å². The number of hydrogen-bond acceptors (Lipinski definition) is 4. The molecule has 1 amide bonds. The fourth-order valence-electron chi connectivity index (χ4n) is 3.04. The van der Waals surface area contributed by atoms with Gasteiger partial charge in [-0.1, -0.05) is 19.1 Å². The van der Waals surface area contributed by atoms with Crippen molar-refractivity contribution in [1.82, 2.24) is 15.1 Å². The van der Waals surface area contributed by atoms with E-state index in [4.69, 9.17) is 5.26 Å². The molecule has 1 aromatic carbocycles. The quantitative estimate of drug-likeness (QED) is 0.867. The van der Waals surface area contributed by atoms with E-state index in [1.54, 1.807) is 0 Å². The van der Waals surface area contributed by atoms with Gasteiger partial charge in [0, 0.05) is 32.7 Å². The third-order valence-electron chi connectivity index (χ3n) is 4.59. The zero-order valence-corrected chi connectivity index (χ0v) is 14.8. The summed E-state index contributed by atoms with van der Waals surface area (Å²) in [6.45, 7) is 9.60. The molecule has 130 valence electrons. The number of hydrogen-bond donors (Lipinski definition) is 1. The third-order valence-corrected chi connectivity index (χ3v) is 4.59. The topological polar surface area (TPSA) is 59.4 Å². The Morgan fingerprint density at radius 3 is 2.67 bits per heavy atom. The molecule has 1 N–H and O–H groups in total. The number of nitrogens with zero attached hydrogens (tertiary/aromatic N) is 3. The van der Waals surface area contributed by atoms with Crippen molar-refractivity contribution < 1.29 is 4.79 Å². The van der Waals surface area contributed by atoms with Crippen molar-refractivity contribution in [2.75, 3.05) is 32.7 Å². The van der Waals surface area contributed by atoms with E-state index in [1.807, 2.05) is 31.2 Å². The maximum absolute atomic E-state index is 12.2. The highest BCUT2D eigenvalue weighted by molar-refractivity contribution is 5.81. The lowest BCUT2D eigenvalue weighted by atomic mass is 10.1. The Morgan fingerprint density at radius 1 is 1.25 bits per heavy atom. The molecule has 1 aromatic rings. The minimum Gasteiger partial charge on any atom is -0.355 e. The van der Waals surface area contributed by atoms with E-state index in [9.17, 15) is 4.79 Å². The Labute approximate surface area is 145 Å². The SMILES string of the molecule is CCCNC(=O)C(C)N1CCCN(Cc2ccc(C#N)cc2)CC1. The first-order valence-corrected chi connectivity index (χ1v) is 8.87. The zero-order valence-electron chi connectivity index (χ0n) is 14.8. The molecule has 1 aliphatic rings. The normalized spacial score (nSPS) is 17.7. The van der Waals surface area contributed by atoms with Crippen molar-refractivity contribution in [3.8, 4) is 6.07 Å². The summed E-state index contributed by atoms with van der Waals surface area (Å²) in [6, 6.07) is 9.90. The van der Waals surface area contributed by atoms with Crippen molar-refractivity contribution in [2.24, 2.45) is 0 Å². The van der Waals surface area contributed by atoms with E-state index >= 15 is 0 Å². The van der Waals surface area contributed by atoms with Crippen LogP contribution in [-0.4, -0.2) is 54.5 Å². The van der Waals surface area contributed by atoms with Crippen LogP contribution in [-0.2, 0) is 11.3 Å². The van der Waals surface area contributed by atoms with Gasteiger partial charge in [-0.3, -0.25) is 14.6 Å². The molecule has 0 aromatic heterocycles. The molecule has 1 unspecified atom stereocenters. The summed E-state index contributed by atoms with van der Waals surface area (Å²) in [4.78, 5) is 16.9. The molecular weight excluding hydrogens is 300 g/mol. The van der Waals surface area contributed by atoms with Crippen molar-refractivity contribution in [2.45, 2.75) is 39.3 Å². The summed E-state index contributed by atoms with van der Waals surface area (Å²) in [7, 11) is 0. The summed E-state index contributed by atoms with van der Waals surface area (Å²) in [6.07, 6.45) is 2.04. The van der Waals surface area contributed by atoms with E-state index in [0.717, 1.165) is 52.1 Å². The predicted octanol–water partition coefficient (Wildman–Crippen LogP) is 1.98. The second kappa shape index (κ2) is 9.41. The lowest BCUT2D eigenvalue weighted by Gasteiger charge is -2.27. The van der Waals surface area contributed by atoms with Crippen LogP contribution in [0, 0.1) is 11.3 Å². The second-order valence-corrected chi connectivity index (χ2v) is 6.44. The van der Waals surface area contributed by atoms with Gasteiger partial charge in [0.05, 0.1) is 17.7 Å². The third kappa shape index (κ3) is 5.33. The van der Waals surface area contributed by atoms with Gasteiger partial charge >= 0.3 is 0 Å². The maximum Gasteiger partial charge on any atom is 0.237 e. The first-order valence-electron chi connectivity index (χ1n) is 8.87. The van der Waals surface area contributed by atoms with Crippen molar-refractivity contribution in [3.63, 3.8) is 0 Å². The molecule has 0 spiro atoms. The Hall–Kier alpha value is -1.90. The first-order chi connectivity index (χ1) is 11.6. The number of amides is 1. The molecule has 1 heterocycles. The summed E-state index contributed by atoms with van der Waals surface area (Å²) in [5.41, 5.74) is 1.93. The average Bonchev–Trinajstić information content (AvgIpc) is 2.85. The van der Waals surface area contributed by atoms with Gasteiger partial charge in [-0.05, 0) is 44.0 Å². The molecule has 2 rings (SSSR count). The van der Waals surface area contributed by atoms with Crippen LogP contribution >= 0.6 is 0 Å². The molecular formula is C19H28N4O. The number of carbonyl (C=O) groups is 1. The minimum absolute atomic E-state index is 0.0635. The van der Waals surface area contributed by atoms with Gasteiger partial charge in [-0.25, -0.2) is 0 Å². The largest absolute Gasteiger partial charge is 0.355 e. The lowest BCUT2D eigenvalue weighted by Crippen LogP contribution is -2.46. The number of carbonyl (C=O) groups excluding carboxylic acids is 1. The molecule has 1 aliphatic heterocycles. The van der Waals surface area contributed by atoms with Crippen molar-refractivity contribution in [1.29, 1.82) is 5.26 Å². The van der Waals surface area contributed by atoms with Gasteiger partial charge in [0.15, 0.2) is 0 Å². The number of nitriles is 1. The molecule has 1 atom stereocenters. The Bertz CT molecular complexity index is 564. The highest BCUT2D eigenvalue weighted by Gasteiger charge is 2.23. The van der Waals surface area contributed by atoms with Crippen LogP contribution in [0.1, 0.15) is 37.8 Å². The molecule has 1 saturated heterocycles. The van der Waals surface area contributed by atoms with Crippen molar-refractivity contribution >= 4 is 5.91 Å². The molecule has 1 fully saturated rings. The molecule has 0 radical (unpaired) electrons. The summed E-state index contributed by atoms with van der Waals surface area (Å²) < 4.78 is 0. The standard InChI is InChI=1S/C19H28N4O/c1-3-9-21-19(24)16(2)23-11-4-10-22(12-13-23)15-18-7-5-17(14-20)6-8-18/h5-8,16H,3-4,9-13,15H2,1-2H3,(H,21,24). The minimum atomic E-state index is -0.0635. The molecule has 24 heavy (non-hydrogen) atoms. The predicted molar refractivity (Wildman–Crippen MR) is 95.4 cm³/mol. The van der Waals surface area contributed by atoms with Crippen LogP contribution in [0.4, 0.5) is 0 Å². The van der Waals surface area contributed by atoms with E-state index < -0.39 is 0 Å². The van der Waals surface area contributed by atoms with Crippen LogP contribution in [0.5, 0.6) is 0 Å². The van der Waals surface area contributed by atoms with Gasteiger partial charge < -0.3 is 5.32 Å². The number of rotatable bonds is 6. The molecule has 0 saturated carbocycles. The van der Waals surface area contributed by atoms with Crippen LogP contribution in [0.15, 0.2) is 24.3 Å². The van der Waals surface area contributed by atoms with E-state index in [1.165, 1.54) is 5.56 Å². The van der Waals surface area contributed by atoms with Crippen LogP contribution in [0.3, 0.4) is 0 Å². The summed E-state index contributed by atoms with van der Waals surface area (Å²) in [5.74, 6) is 0.136. The van der Waals surface area contributed by atoms with Crippen molar-refractivity contribution in [3.05, 3.63) is 35.4 Å². The maximum atomic E-state index is 12.2. The second-order valence-electron chi connectivity index (χ2n) is 6.44. The summed E-state index contributed by atoms with van der Waals surface area (Å²) in [5, 5.41) is 11.9. The van der Waals surface area contributed by atoms with Gasteiger partial charge in [0.25, 0.3) is 0 Å². The number of nitrogens with one attached hydrogen (secondary N) is 1. The average molecular weight is 328 g/mol. The molecule has 0 aliphatic carbocycles. The van der Waals surface area contributed by atoms with Crippen LogP contribution < -0.4 is 5.32 Å². The molecule has 5 heteroatoms. The van der Waals surface area contributed by atoms with E-state index in [0.29, 0.717) is 5.56 Å². The zero-order chi connectivity index (χ0) is 17.4. The van der Waals surface area contributed by atoms with Crippen LogP contribution in [0.25, 0.3) is 0 Å². The fourth-order valence-corrected chi connectivity index (χ4v) is 3.04. The van der Waals surface area contributed by atoms with Gasteiger partial charge in [-0.15, -0.1) is 0 Å². The smallest absolute Gasteiger partial charge is 0.237 e. The molecule has 5 nitrogen and oxygen atoms in total. The van der Waals surface area contributed by atoms with E-state index in [-0.39, 0.29) is 11.9 Å². The lowest BCUT2D eigenvalue weighted by molar-refractivity contribution is -0.125. The Balaban J connectivity index is 1.85. The van der Waals surface area contributed by atoms with E-state index in [2.05, 4.69) is 28.1 Å². The van der Waals surface area contributed by atoms with Gasteiger partial charge in [-0.2, -0.15) is 5.26 Å². The highest BCUT2D eigenvalue weighted by atomic mass is 16.2. The monoisotopic (exact) mass is 328 g/mol. The first kappa shape index (κ1) is 18.4. The Morgan fingerprint density at radius 2 is 2.00 bits per heavy atom. The Kier molecular flexibility index (Phi) is 7.23. The fraction of sp³-hybridized carbons (Fsp3) is 0.579. The van der Waals surface area contributed by atoms with Gasteiger partial charge in [0.2, 0.25) is 5.91 Å².